The van der Waals surface area contributed by atoms with E-state index in [1.165, 1.54) is 0 Å². The number of nitrogens with one attached hydrogen (secondary N) is 1. The Morgan fingerprint density at radius 1 is 1.41 bits per heavy atom. The molecule has 8 heteroatoms. The van der Waals surface area contributed by atoms with E-state index in [0.29, 0.717) is 6.54 Å². The van der Waals surface area contributed by atoms with E-state index in [1.54, 1.807) is 4.90 Å². The van der Waals surface area contributed by atoms with Crippen LogP contribution < -0.4 is 16.8 Å². The van der Waals surface area contributed by atoms with Crippen molar-refractivity contribution in [2.24, 2.45) is 21.5 Å². The second-order valence-corrected chi connectivity index (χ2v) is 4.80. The summed E-state index contributed by atoms with van der Waals surface area (Å²) in [4.78, 5) is 10.1. The number of hydrogen-bond acceptors (Lipinski definition) is 8. The summed E-state index contributed by atoms with van der Waals surface area (Å²) in [5, 5.41) is 23.3. The maximum absolute atomic E-state index is 10.2. The highest BCUT2D eigenvalue weighted by molar-refractivity contribution is 5.87. The Morgan fingerprint density at radius 2 is 2.12 bits per heavy atom. The van der Waals surface area contributed by atoms with E-state index < -0.39 is 17.5 Å². The van der Waals surface area contributed by atoms with Crippen LogP contribution in [-0.2, 0) is 0 Å². The summed E-state index contributed by atoms with van der Waals surface area (Å²) in [5.41, 5.74) is 10.3. The molecule has 0 saturated carbocycles. The van der Waals surface area contributed by atoms with Crippen molar-refractivity contribution >= 4 is 11.9 Å². The summed E-state index contributed by atoms with van der Waals surface area (Å²) in [6.07, 6.45) is 0.169. The van der Waals surface area contributed by atoms with E-state index >= 15 is 0 Å². The molecule has 94 valence electrons. The van der Waals surface area contributed by atoms with Gasteiger partial charge in [-0.1, -0.05) is 0 Å². The van der Waals surface area contributed by atoms with Crippen molar-refractivity contribution in [2.75, 3.05) is 6.54 Å². The molecule has 3 atom stereocenters. The number of guanidine groups is 2. The summed E-state index contributed by atoms with van der Waals surface area (Å²) in [6.45, 7) is 2.23. The highest BCUT2D eigenvalue weighted by Gasteiger charge is 2.68. The Hall–Kier alpha value is -1.54. The average Bonchev–Trinajstić information content (AvgIpc) is 2.68. The molecule has 0 radical (unpaired) electrons. The first kappa shape index (κ1) is 10.6. The summed E-state index contributed by atoms with van der Waals surface area (Å²) in [6, 6.07) is -0.705. The van der Waals surface area contributed by atoms with Crippen LogP contribution in [0.2, 0.25) is 0 Å². The number of hydrogen-bond donors (Lipinski definition) is 5. The molecule has 0 aromatic heterocycles. The Bertz CT molecular complexity index is 433. The number of rotatable bonds is 0. The fourth-order valence-corrected chi connectivity index (χ4v) is 3.06. The highest BCUT2D eigenvalue weighted by Crippen LogP contribution is 2.44. The van der Waals surface area contributed by atoms with Gasteiger partial charge < -0.3 is 31.9 Å². The Kier molecular flexibility index (Phi) is 1.76. The first-order valence-electron chi connectivity index (χ1n) is 5.55. The zero-order valence-electron chi connectivity index (χ0n) is 9.46. The minimum Gasteiger partial charge on any atom is -0.370 e. The van der Waals surface area contributed by atoms with Crippen LogP contribution in [0.3, 0.4) is 0 Å². The molecule has 3 heterocycles. The van der Waals surface area contributed by atoms with Crippen LogP contribution in [0.25, 0.3) is 0 Å². The van der Waals surface area contributed by atoms with Gasteiger partial charge in [-0.05, 0) is 6.92 Å². The second kappa shape index (κ2) is 2.82. The van der Waals surface area contributed by atoms with Gasteiger partial charge >= 0.3 is 0 Å². The van der Waals surface area contributed by atoms with Gasteiger partial charge in [-0.3, -0.25) is 0 Å². The van der Waals surface area contributed by atoms with Crippen LogP contribution in [0.4, 0.5) is 0 Å². The summed E-state index contributed by atoms with van der Waals surface area (Å²) in [5.74, 6) is -1.46. The molecule has 17 heavy (non-hydrogen) atoms. The molecule has 7 N–H and O–H groups in total. The van der Waals surface area contributed by atoms with Gasteiger partial charge in [0.2, 0.25) is 5.79 Å². The van der Waals surface area contributed by atoms with E-state index in [2.05, 4.69) is 15.3 Å². The maximum atomic E-state index is 10.2. The second-order valence-electron chi connectivity index (χ2n) is 4.80. The summed E-state index contributed by atoms with van der Waals surface area (Å²) in [7, 11) is 0. The lowest BCUT2D eigenvalue weighted by Gasteiger charge is -2.48. The molecule has 1 fully saturated rings. The van der Waals surface area contributed by atoms with Crippen LogP contribution in [-0.4, -0.2) is 57.1 Å². The number of aliphatic hydroxyl groups is 2. The van der Waals surface area contributed by atoms with Gasteiger partial charge in [0, 0.05) is 13.0 Å². The monoisotopic (exact) mass is 240 g/mol. The van der Waals surface area contributed by atoms with Crippen molar-refractivity contribution in [2.45, 2.75) is 36.9 Å². The molecule has 1 saturated heterocycles. The molecule has 0 bridgehead atoms. The zero-order valence-corrected chi connectivity index (χ0v) is 9.46. The molecule has 2 unspecified atom stereocenters. The fraction of sp³-hybridized carbons (Fsp3) is 0.778. The van der Waals surface area contributed by atoms with Crippen molar-refractivity contribution in [1.82, 2.24) is 10.2 Å². The third kappa shape index (κ3) is 1.04. The lowest BCUT2D eigenvalue weighted by molar-refractivity contribution is -0.220. The molecule has 0 aromatic carbocycles. The third-order valence-electron chi connectivity index (χ3n) is 3.81. The smallest absolute Gasteiger partial charge is 0.210 e. The molecule has 0 amide bonds. The number of nitrogens with zero attached hydrogens (tertiary/aromatic N) is 3. The normalized spacial score (nSPS) is 42.4. The van der Waals surface area contributed by atoms with Crippen LogP contribution >= 0.6 is 0 Å². The summed E-state index contributed by atoms with van der Waals surface area (Å²) < 4.78 is 0. The first-order valence-corrected chi connectivity index (χ1v) is 5.55. The molecule has 0 aliphatic carbocycles. The van der Waals surface area contributed by atoms with E-state index in [1.807, 2.05) is 6.92 Å². The molecular weight excluding hydrogens is 224 g/mol. The van der Waals surface area contributed by atoms with Crippen molar-refractivity contribution in [1.29, 1.82) is 0 Å². The van der Waals surface area contributed by atoms with Gasteiger partial charge in [-0.2, -0.15) is 0 Å². The Morgan fingerprint density at radius 3 is 2.82 bits per heavy atom. The largest absolute Gasteiger partial charge is 0.370 e. The molecule has 8 nitrogen and oxygen atoms in total. The summed E-state index contributed by atoms with van der Waals surface area (Å²) >= 11 is 0. The topological polar surface area (TPSA) is 132 Å². The Balaban J connectivity index is 2.16. The molecular formula is C9H16N6O2. The highest BCUT2D eigenvalue weighted by atomic mass is 16.5. The maximum Gasteiger partial charge on any atom is 0.210 e. The number of aliphatic imine (C=N–C) groups is 2. The average molecular weight is 240 g/mol. The van der Waals surface area contributed by atoms with E-state index in [-0.39, 0.29) is 24.4 Å². The fourth-order valence-electron chi connectivity index (χ4n) is 3.06. The van der Waals surface area contributed by atoms with Gasteiger partial charge in [-0.15, -0.1) is 0 Å². The van der Waals surface area contributed by atoms with Gasteiger partial charge in [0.05, 0.1) is 6.04 Å². The molecule has 3 aliphatic heterocycles. The van der Waals surface area contributed by atoms with Gasteiger partial charge in [0.15, 0.2) is 17.6 Å². The van der Waals surface area contributed by atoms with Crippen molar-refractivity contribution in [3.8, 4) is 0 Å². The van der Waals surface area contributed by atoms with Crippen LogP contribution in [0.15, 0.2) is 9.98 Å². The lowest BCUT2D eigenvalue weighted by atomic mass is 9.87. The van der Waals surface area contributed by atoms with Crippen LogP contribution in [0.5, 0.6) is 0 Å². The predicted molar refractivity (Wildman–Crippen MR) is 60.9 cm³/mol. The van der Waals surface area contributed by atoms with Gasteiger partial charge in [0.25, 0.3) is 0 Å². The molecule has 3 aliphatic rings. The predicted octanol–water partition coefficient (Wildman–Crippen LogP) is -2.93. The molecule has 3 rings (SSSR count). The van der Waals surface area contributed by atoms with Crippen LogP contribution in [0, 0.1) is 0 Å². The number of nitrogens with two attached hydrogens (primary N) is 2. The van der Waals surface area contributed by atoms with Crippen molar-refractivity contribution in [3.63, 3.8) is 0 Å². The minimum atomic E-state index is -1.93. The van der Waals surface area contributed by atoms with Crippen molar-refractivity contribution < 1.29 is 10.2 Å². The van der Waals surface area contributed by atoms with E-state index in [0.717, 1.165) is 0 Å². The Labute approximate surface area is 98.0 Å². The quantitative estimate of drug-likeness (QED) is 0.288. The van der Waals surface area contributed by atoms with Gasteiger partial charge in [-0.25, -0.2) is 9.98 Å². The third-order valence-corrected chi connectivity index (χ3v) is 3.81. The first-order chi connectivity index (χ1) is 7.88. The van der Waals surface area contributed by atoms with Gasteiger partial charge in [0.1, 0.15) is 6.04 Å². The van der Waals surface area contributed by atoms with Crippen LogP contribution in [0.1, 0.15) is 13.3 Å². The lowest BCUT2D eigenvalue weighted by Crippen LogP contribution is -2.76. The standard InChI is InChI=1S/C9H16N6O2/c1-4-5-9(14-6(10)13-5)8(16,17)2-3-15(9)7(11)12-4/h4-5,16-17H,2-3H2,1H3,(H2,11,12)(H3,10,13,14)/t4?,5-,9?/m0/s1. The molecule has 1 spiro atoms. The van der Waals surface area contributed by atoms with Crippen molar-refractivity contribution in [3.05, 3.63) is 0 Å². The SMILES string of the molecule is CC1N=C(N)N2CCC(O)(O)C23NC(N)=N[C@@H]13. The molecule has 0 aromatic rings. The van der Waals surface area contributed by atoms with E-state index in [4.69, 9.17) is 11.5 Å². The minimum absolute atomic E-state index is 0.169. The van der Waals surface area contributed by atoms with E-state index in [9.17, 15) is 10.2 Å². The zero-order chi connectivity index (χ0) is 12.4.